The summed E-state index contributed by atoms with van der Waals surface area (Å²) in [6.45, 7) is 10.3. The van der Waals surface area contributed by atoms with Crippen LogP contribution in [0.25, 0.3) is 0 Å². The number of carbonyl (C=O) groups is 2. The lowest BCUT2D eigenvalue weighted by Gasteiger charge is -2.28. The van der Waals surface area contributed by atoms with Crippen molar-refractivity contribution in [3.8, 4) is 0 Å². The second-order valence-electron chi connectivity index (χ2n) is 7.93. The van der Waals surface area contributed by atoms with Crippen molar-refractivity contribution in [3.05, 3.63) is 0 Å². The summed E-state index contributed by atoms with van der Waals surface area (Å²) in [5.41, 5.74) is 0.211. The van der Waals surface area contributed by atoms with Gasteiger partial charge in [-0.2, -0.15) is 0 Å². The maximum absolute atomic E-state index is 12.8. The van der Waals surface area contributed by atoms with E-state index in [4.69, 9.17) is 0 Å². The van der Waals surface area contributed by atoms with Crippen molar-refractivity contribution in [2.45, 2.75) is 53.4 Å². The minimum Gasteiger partial charge on any atom is -0.481 e. The van der Waals surface area contributed by atoms with Gasteiger partial charge in [0.1, 0.15) is 0 Å². The van der Waals surface area contributed by atoms with Crippen LogP contribution in [0.4, 0.5) is 0 Å². The molecule has 0 bridgehead atoms. The third-order valence-electron chi connectivity index (χ3n) is 5.60. The highest BCUT2D eigenvalue weighted by Gasteiger charge is 2.45. The van der Waals surface area contributed by atoms with Crippen molar-refractivity contribution in [1.82, 2.24) is 4.90 Å². The Bertz CT molecular complexity index is 413. The van der Waals surface area contributed by atoms with Crippen LogP contribution in [0.3, 0.4) is 0 Å². The topological polar surface area (TPSA) is 57.6 Å². The summed E-state index contributed by atoms with van der Waals surface area (Å²) >= 11 is 0. The van der Waals surface area contributed by atoms with E-state index in [2.05, 4.69) is 27.7 Å². The van der Waals surface area contributed by atoms with E-state index in [9.17, 15) is 14.7 Å². The molecule has 1 amide bonds. The molecule has 2 fully saturated rings. The molecule has 2 rings (SSSR count). The first kappa shape index (κ1) is 16.3. The average molecular weight is 295 g/mol. The molecule has 1 saturated carbocycles. The minimum absolute atomic E-state index is 0.0881. The summed E-state index contributed by atoms with van der Waals surface area (Å²) < 4.78 is 0. The molecular formula is C17H29NO3. The highest BCUT2D eigenvalue weighted by Crippen LogP contribution is 2.41. The van der Waals surface area contributed by atoms with Gasteiger partial charge < -0.3 is 10.0 Å². The normalized spacial score (nSPS) is 33.4. The van der Waals surface area contributed by atoms with E-state index in [-0.39, 0.29) is 17.2 Å². The molecule has 1 aliphatic carbocycles. The lowest BCUT2D eigenvalue weighted by Crippen LogP contribution is -2.38. The van der Waals surface area contributed by atoms with Crippen LogP contribution in [-0.4, -0.2) is 35.0 Å². The Morgan fingerprint density at radius 3 is 2.29 bits per heavy atom. The zero-order valence-corrected chi connectivity index (χ0v) is 13.8. The minimum atomic E-state index is -0.795. The van der Waals surface area contributed by atoms with Crippen LogP contribution in [0.2, 0.25) is 0 Å². The van der Waals surface area contributed by atoms with Gasteiger partial charge in [0.2, 0.25) is 5.91 Å². The number of carboxylic acids is 1. The fourth-order valence-electron chi connectivity index (χ4n) is 3.92. The standard InChI is InChI=1S/C17H29NO3/c1-5-11-8-13(14(9-11)16(20)21)15(19)18-7-6-12(10-18)17(2,3)4/h11-14H,5-10H2,1-4H3,(H,20,21)/t11?,12?,13-,14+/m0/s1. The maximum Gasteiger partial charge on any atom is 0.307 e. The van der Waals surface area contributed by atoms with Gasteiger partial charge in [-0.3, -0.25) is 9.59 Å². The summed E-state index contributed by atoms with van der Waals surface area (Å²) in [4.78, 5) is 26.1. The summed E-state index contributed by atoms with van der Waals surface area (Å²) in [7, 11) is 0. The Morgan fingerprint density at radius 1 is 1.19 bits per heavy atom. The Kier molecular flexibility index (Phi) is 4.64. The molecule has 0 spiro atoms. The third kappa shape index (κ3) is 3.41. The third-order valence-corrected chi connectivity index (χ3v) is 5.60. The van der Waals surface area contributed by atoms with Gasteiger partial charge in [-0.15, -0.1) is 0 Å². The number of carboxylic acid groups (broad SMARTS) is 1. The van der Waals surface area contributed by atoms with Crippen molar-refractivity contribution in [2.24, 2.45) is 29.1 Å². The van der Waals surface area contributed by atoms with Crippen molar-refractivity contribution in [3.63, 3.8) is 0 Å². The molecular weight excluding hydrogens is 266 g/mol. The molecule has 0 aromatic carbocycles. The molecule has 2 aliphatic rings. The molecule has 1 N–H and O–H groups in total. The van der Waals surface area contributed by atoms with Crippen molar-refractivity contribution >= 4 is 11.9 Å². The Hall–Kier alpha value is -1.06. The molecule has 0 radical (unpaired) electrons. The smallest absolute Gasteiger partial charge is 0.307 e. The van der Waals surface area contributed by atoms with Gasteiger partial charge in [0.25, 0.3) is 0 Å². The number of hydrogen-bond donors (Lipinski definition) is 1. The van der Waals surface area contributed by atoms with Gasteiger partial charge >= 0.3 is 5.97 Å². The second kappa shape index (κ2) is 5.98. The molecule has 0 aromatic rings. The quantitative estimate of drug-likeness (QED) is 0.870. The average Bonchev–Trinajstić information content (AvgIpc) is 3.04. The predicted octanol–water partition coefficient (Wildman–Crippen LogP) is 3.02. The van der Waals surface area contributed by atoms with Crippen LogP contribution in [0.1, 0.15) is 53.4 Å². The van der Waals surface area contributed by atoms with Crippen LogP contribution in [0, 0.1) is 29.1 Å². The van der Waals surface area contributed by atoms with Crippen LogP contribution in [0.5, 0.6) is 0 Å². The van der Waals surface area contributed by atoms with Crippen molar-refractivity contribution < 1.29 is 14.7 Å². The molecule has 1 heterocycles. The van der Waals surface area contributed by atoms with Crippen LogP contribution < -0.4 is 0 Å². The first-order valence-corrected chi connectivity index (χ1v) is 8.25. The zero-order chi connectivity index (χ0) is 15.8. The number of rotatable bonds is 3. The summed E-state index contributed by atoms with van der Waals surface area (Å²) in [5, 5.41) is 9.40. The highest BCUT2D eigenvalue weighted by atomic mass is 16.4. The van der Waals surface area contributed by atoms with Gasteiger partial charge in [-0.05, 0) is 36.5 Å². The van der Waals surface area contributed by atoms with E-state index >= 15 is 0 Å². The van der Waals surface area contributed by atoms with Gasteiger partial charge in [0.05, 0.1) is 11.8 Å². The number of hydrogen-bond acceptors (Lipinski definition) is 2. The van der Waals surface area contributed by atoms with Crippen LogP contribution in [-0.2, 0) is 9.59 Å². The number of nitrogens with zero attached hydrogens (tertiary/aromatic N) is 1. The Labute approximate surface area is 127 Å². The summed E-state index contributed by atoms with van der Waals surface area (Å²) in [6, 6.07) is 0. The van der Waals surface area contributed by atoms with E-state index in [0.29, 0.717) is 18.3 Å². The Balaban J connectivity index is 2.04. The van der Waals surface area contributed by atoms with Gasteiger partial charge in [0.15, 0.2) is 0 Å². The SMILES string of the molecule is CCC1C[C@H](C(=O)N2CCC(C(C)(C)C)C2)[C@H](C(=O)O)C1. The molecule has 120 valence electrons. The molecule has 1 saturated heterocycles. The summed E-state index contributed by atoms with van der Waals surface area (Å²) in [5.74, 6) is -0.572. The highest BCUT2D eigenvalue weighted by molar-refractivity contribution is 5.85. The molecule has 4 heteroatoms. The fourth-order valence-corrected chi connectivity index (χ4v) is 3.92. The summed E-state index contributed by atoms with van der Waals surface area (Å²) in [6.07, 6.45) is 3.43. The van der Waals surface area contributed by atoms with Gasteiger partial charge in [-0.1, -0.05) is 34.1 Å². The Morgan fingerprint density at radius 2 is 1.81 bits per heavy atom. The number of aliphatic carboxylic acids is 1. The van der Waals surface area contributed by atoms with Crippen molar-refractivity contribution in [1.29, 1.82) is 0 Å². The van der Waals surface area contributed by atoms with Crippen molar-refractivity contribution in [2.75, 3.05) is 13.1 Å². The lowest BCUT2D eigenvalue weighted by molar-refractivity contribution is -0.148. The monoisotopic (exact) mass is 295 g/mol. The number of carbonyl (C=O) groups excluding carboxylic acids is 1. The van der Waals surface area contributed by atoms with Gasteiger partial charge in [0, 0.05) is 13.1 Å². The second-order valence-corrected chi connectivity index (χ2v) is 7.93. The van der Waals surface area contributed by atoms with Crippen LogP contribution >= 0.6 is 0 Å². The fraction of sp³-hybridized carbons (Fsp3) is 0.882. The van der Waals surface area contributed by atoms with E-state index in [1.165, 1.54) is 0 Å². The molecule has 21 heavy (non-hydrogen) atoms. The van der Waals surface area contributed by atoms with E-state index < -0.39 is 11.9 Å². The van der Waals surface area contributed by atoms with Crippen LogP contribution in [0.15, 0.2) is 0 Å². The van der Waals surface area contributed by atoms with E-state index in [0.717, 1.165) is 32.4 Å². The maximum atomic E-state index is 12.8. The zero-order valence-electron chi connectivity index (χ0n) is 13.8. The molecule has 4 atom stereocenters. The molecule has 1 aliphatic heterocycles. The number of amides is 1. The first-order valence-electron chi connectivity index (χ1n) is 8.25. The molecule has 0 aromatic heterocycles. The first-order chi connectivity index (χ1) is 9.74. The van der Waals surface area contributed by atoms with E-state index in [1.54, 1.807) is 0 Å². The van der Waals surface area contributed by atoms with Gasteiger partial charge in [-0.25, -0.2) is 0 Å². The van der Waals surface area contributed by atoms with E-state index in [1.807, 2.05) is 4.90 Å². The molecule has 2 unspecified atom stereocenters. The predicted molar refractivity (Wildman–Crippen MR) is 81.8 cm³/mol. The largest absolute Gasteiger partial charge is 0.481 e. The molecule has 4 nitrogen and oxygen atoms in total. The number of likely N-dealkylation sites (tertiary alicyclic amines) is 1. The lowest BCUT2D eigenvalue weighted by atomic mass is 9.80.